The van der Waals surface area contributed by atoms with Crippen LogP contribution in [0.15, 0.2) is 0 Å². The highest BCUT2D eigenvalue weighted by Crippen LogP contribution is 2.16. The van der Waals surface area contributed by atoms with Crippen molar-refractivity contribution in [1.82, 2.24) is 4.90 Å². The summed E-state index contributed by atoms with van der Waals surface area (Å²) in [5, 5.41) is 0. The Kier molecular flexibility index (Phi) is 4.59. The van der Waals surface area contributed by atoms with Crippen LogP contribution in [0.25, 0.3) is 0 Å². The molecule has 0 aromatic rings. The van der Waals surface area contributed by atoms with Gasteiger partial charge in [-0.3, -0.25) is 0 Å². The number of hydrogen-bond acceptors (Lipinski definition) is 4. The van der Waals surface area contributed by atoms with Gasteiger partial charge in [0.15, 0.2) is 0 Å². The van der Waals surface area contributed by atoms with E-state index in [1.54, 1.807) is 0 Å². The van der Waals surface area contributed by atoms with Crippen molar-refractivity contribution in [3.05, 3.63) is 0 Å². The van der Waals surface area contributed by atoms with Crippen LogP contribution < -0.4 is 0 Å². The number of hydrogen-bond donors (Lipinski definition) is 0. The van der Waals surface area contributed by atoms with Gasteiger partial charge in [0.05, 0.1) is 0 Å². The summed E-state index contributed by atoms with van der Waals surface area (Å²) in [6, 6.07) is 0. The highest BCUT2D eigenvalue weighted by Gasteiger charge is 2.24. The quantitative estimate of drug-likeness (QED) is 0.682. The summed E-state index contributed by atoms with van der Waals surface area (Å²) in [6.45, 7) is 10.7. The zero-order valence-corrected chi connectivity index (χ0v) is 10.8. The largest absolute Gasteiger partial charge is 0.509 e. The molecule has 1 rings (SSSR count). The van der Waals surface area contributed by atoms with Crippen LogP contribution in [0.3, 0.4) is 0 Å². The Labute approximate surface area is 97.9 Å². The van der Waals surface area contributed by atoms with Crippen molar-refractivity contribution in [2.75, 3.05) is 19.6 Å². The van der Waals surface area contributed by atoms with Crippen molar-refractivity contribution >= 4 is 6.16 Å². The van der Waals surface area contributed by atoms with E-state index >= 15 is 0 Å². The Morgan fingerprint density at radius 3 is 2.31 bits per heavy atom. The van der Waals surface area contributed by atoms with Gasteiger partial charge in [0.2, 0.25) is 0 Å². The van der Waals surface area contributed by atoms with Gasteiger partial charge in [-0.05, 0) is 40.2 Å². The molecule has 0 aromatic carbocycles. The van der Waals surface area contributed by atoms with Crippen molar-refractivity contribution in [1.29, 1.82) is 0 Å². The predicted octanol–water partition coefficient (Wildman–Crippen LogP) is 2.42. The minimum atomic E-state index is -0.539. The molecule has 1 heterocycles. The summed E-state index contributed by atoms with van der Waals surface area (Å²) in [4.78, 5) is 13.8. The second kappa shape index (κ2) is 5.53. The molecule has 0 amide bonds. The Morgan fingerprint density at radius 1 is 1.31 bits per heavy atom. The molecule has 1 aliphatic heterocycles. The first-order valence-corrected chi connectivity index (χ1v) is 6.02. The molecule has 16 heavy (non-hydrogen) atoms. The van der Waals surface area contributed by atoms with Crippen LogP contribution in [0, 0.1) is 0 Å². The van der Waals surface area contributed by atoms with Crippen molar-refractivity contribution in [3.63, 3.8) is 0 Å². The first-order valence-electron chi connectivity index (χ1n) is 6.02. The molecule has 4 heteroatoms. The zero-order chi connectivity index (χ0) is 12.2. The molecule has 0 unspecified atom stereocenters. The molecule has 0 saturated carbocycles. The third kappa shape index (κ3) is 4.84. The fourth-order valence-electron chi connectivity index (χ4n) is 1.75. The van der Waals surface area contributed by atoms with E-state index in [2.05, 4.69) is 11.8 Å². The Morgan fingerprint density at radius 2 is 1.88 bits per heavy atom. The molecule has 0 bridgehead atoms. The topological polar surface area (TPSA) is 38.8 Å². The highest BCUT2D eigenvalue weighted by molar-refractivity contribution is 5.60. The van der Waals surface area contributed by atoms with E-state index in [0.29, 0.717) is 0 Å². The number of carbonyl (C=O) groups is 1. The van der Waals surface area contributed by atoms with Gasteiger partial charge in [-0.15, -0.1) is 0 Å². The summed E-state index contributed by atoms with van der Waals surface area (Å²) in [5.41, 5.74) is -0.471. The highest BCUT2D eigenvalue weighted by atomic mass is 16.7. The van der Waals surface area contributed by atoms with Crippen LogP contribution in [-0.2, 0) is 9.47 Å². The maximum Gasteiger partial charge on any atom is 0.509 e. The van der Waals surface area contributed by atoms with Crippen LogP contribution in [-0.4, -0.2) is 42.4 Å². The Hall–Kier alpha value is -0.770. The third-order valence-corrected chi connectivity index (χ3v) is 2.63. The minimum Gasteiger partial charge on any atom is -0.431 e. The number of nitrogens with zero attached hydrogens (tertiary/aromatic N) is 1. The molecular weight excluding hydrogens is 206 g/mol. The first kappa shape index (κ1) is 13.3. The van der Waals surface area contributed by atoms with Crippen LogP contribution in [0.5, 0.6) is 0 Å². The van der Waals surface area contributed by atoms with Gasteiger partial charge >= 0.3 is 6.16 Å². The minimum absolute atomic E-state index is 0.0256. The maximum atomic E-state index is 11.4. The van der Waals surface area contributed by atoms with Crippen LogP contribution in [0.2, 0.25) is 0 Å². The first-order chi connectivity index (χ1) is 7.40. The van der Waals surface area contributed by atoms with Crippen molar-refractivity contribution in [2.24, 2.45) is 0 Å². The van der Waals surface area contributed by atoms with E-state index in [4.69, 9.17) is 9.47 Å². The van der Waals surface area contributed by atoms with Crippen LogP contribution >= 0.6 is 0 Å². The van der Waals surface area contributed by atoms with Crippen LogP contribution in [0.4, 0.5) is 4.79 Å². The smallest absolute Gasteiger partial charge is 0.431 e. The van der Waals surface area contributed by atoms with Crippen molar-refractivity contribution in [2.45, 2.75) is 52.2 Å². The number of piperidine rings is 1. The summed E-state index contributed by atoms with van der Waals surface area (Å²) >= 11 is 0. The van der Waals surface area contributed by atoms with E-state index in [-0.39, 0.29) is 6.10 Å². The Bertz CT molecular complexity index is 227. The standard InChI is InChI=1S/C12H23NO3/c1-5-13-8-6-10(7-9-13)15-11(14)16-12(2,3)4/h10H,5-9H2,1-4H3. The van der Waals surface area contributed by atoms with E-state index in [1.165, 1.54) is 0 Å². The molecule has 1 aliphatic rings. The predicted molar refractivity (Wildman–Crippen MR) is 62.5 cm³/mol. The molecule has 0 aliphatic carbocycles. The maximum absolute atomic E-state index is 11.4. The summed E-state index contributed by atoms with van der Waals surface area (Å²) in [6.07, 6.45) is 1.31. The van der Waals surface area contributed by atoms with Gasteiger partial charge in [-0.25, -0.2) is 4.79 Å². The van der Waals surface area contributed by atoms with E-state index < -0.39 is 11.8 Å². The lowest BCUT2D eigenvalue weighted by Gasteiger charge is -2.31. The molecule has 1 saturated heterocycles. The molecule has 4 nitrogen and oxygen atoms in total. The molecule has 1 fully saturated rings. The molecule has 0 spiro atoms. The fourth-order valence-corrected chi connectivity index (χ4v) is 1.75. The lowest BCUT2D eigenvalue weighted by atomic mass is 10.1. The van der Waals surface area contributed by atoms with E-state index in [9.17, 15) is 4.79 Å². The van der Waals surface area contributed by atoms with E-state index in [1.807, 2.05) is 20.8 Å². The van der Waals surface area contributed by atoms with Crippen molar-refractivity contribution < 1.29 is 14.3 Å². The lowest BCUT2D eigenvalue weighted by molar-refractivity contribution is -0.0389. The lowest BCUT2D eigenvalue weighted by Crippen LogP contribution is -2.38. The average Bonchev–Trinajstić information content (AvgIpc) is 2.16. The number of carbonyl (C=O) groups excluding carboxylic acids is 1. The molecular formula is C12H23NO3. The molecule has 0 aromatic heterocycles. The number of likely N-dealkylation sites (tertiary alicyclic amines) is 1. The second-order valence-corrected chi connectivity index (χ2v) is 5.22. The van der Waals surface area contributed by atoms with Gasteiger partial charge in [0.25, 0.3) is 0 Å². The molecule has 0 N–H and O–H groups in total. The molecule has 94 valence electrons. The number of ether oxygens (including phenoxy) is 2. The molecule has 0 radical (unpaired) electrons. The average molecular weight is 229 g/mol. The van der Waals surface area contributed by atoms with Gasteiger partial charge in [0.1, 0.15) is 11.7 Å². The van der Waals surface area contributed by atoms with Gasteiger partial charge in [-0.2, -0.15) is 0 Å². The fraction of sp³-hybridized carbons (Fsp3) is 0.917. The number of rotatable bonds is 2. The van der Waals surface area contributed by atoms with Gasteiger partial charge in [-0.1, -0.05) is 6.92 Å². The van der Waals surface area contributed by atoms with Crippen molar-refractivity contribution in [3.8, 4) is 0 Å². The summed E-state index contributed by atoms with van der Waals surface area (Å²) < 4.78 is 10.4. The van der Waals surface area contributed by atoms with E-state index in [0.717, 1.165) is 32.5 Å². The SMILES string of the molecule is CCN1CCC(OC(=O)OC(C)(C)C)CC1. The summed E-state index contributed by atoms with van der Waals surface area (Å²) in [5.74, 6) is 0. The normalized spacial score (nSPS) is 19.5. The third-order valence-electron chi connectivity index (χ3n) is 2.63. The van der Waals surface area contributed by atoms with Crippen LogP contribution in [0.1, 0.15) is 40.5 Å². The molecule has 0 atom stereocenters. The zero-order valence-electron chi connectivity index (χ0n) is 10.8. The summed E-state index contributed by atoms with van der Waals surface area (Å²) in [7, 11) is 0. The second-order valence-electron chi connectivity index (χ2n) is 5.22. The van der Waals surface area contributed by atoms with Gasteiger partial charge < -0.3 is 14.4 Å². The van der Waals surface area contributed by atoms with Gasteiger partial charge in [0, 0.05) is 13.1 Å². The Balaban J connectivity index is 2.26. The monoisotopic (exact) mass is 229 g/mol.